The molecule has 1 fully saturated rings. The highest BCUT2D eigenvalue weighted by molar-refractivity contribution is 8.26. The maximum Gasteiger partial charge on any atom is 0.311 e. The minimum atomic E-state index is -0.474. The number of allylic oxidation sites excluding steroid dienone is 1. The zero-order valence-electron chi connectivity index (χ0n) is 32.5. The summed E-state index contributed by atoms with van der Waals surface area (Å²) >= 11 is 4.47. The van der Waals surface area contributed by atoms with Gasteiger partial charge in [0.15, 0.2) is 11.5 Å². The molecular formula is C44H44N4O6S4. The standard InChI is InChI=1S/C44H44N4O6S4/c1-3-5-7-9-17-23-32(49)53-35-37-38(56-43(55-37)31(25-45)26-46)36(54-33(50)24-18-10-8-6-4-2)40-39(35)57-44(58-40)34-41(51)47(27-29-19-13-11-14-20-29)48(42(34)52)28-30-21-15-12-16-22-30/h11-16,19-22H,3-10,17-18,23-24,27-28H2,1-2H3. The van der Waals surface area contributed by atoms with E-state index in [-0.39, 0.29) is 48.6 Å². The molecule has 0 unspecified atom stereocenters. The summed E-state index contributed by atoms with van der Waals surface area (Å²) in [4.78, 5) is 57.7. The quantitative estimate of drug-likeness (QED) is 0.0300. The van der Waals surface area contributed by atoms with Gasteiger partial charge in [-0.2, -0.15) is 10.5 Å². The van der Waals surface area contributed by atoms with E-state index in [4.69, 9.17) is 9.47 Å². The van der Waals surface area contributed by atoms with Crippen LogP contribution < -0.4 is 9.47 Å². The molecule has 0 atom stereocenters. The molecule has 3 aromatic carbocycles. The first-order valence-corrected chi connectivity index (χ1v) is 22.9. The van der Waals surface area contributed by atoms with Crippen molar-refractivity contribution in [3.63, 3.8) is 0 Å². The predicted molar refractivity (Wildman–Crippen MR) is 227 cm³/mol. The van der Waals surface area contributed by atoms with Gasteiger partial charge in [-0.05, 0) is 24.0 Å². The fourth-order valence-corrected chi connectivity index (χ4v) is 11.9. The molecule has 0 aliphatic carbocycles. The second-order valence-corrected chi connectivity index (χ2v) is 18.5. The molecule has 10 nitrogen and oxygen atoms in total. The van der Waals surface area contributed by atoms with E-state index in [9.17, 15) is 29.7 Å². The van der Waals surface area contributed by atoms with E-state index in [0.717, 1.165) is 110 Å². The molecule has 0 N–H and O–H groups in total. The Bertz CT molecular complexity index is 2050. The van der Waals surface area contributed by atoms with Gasteiger partial charge in [-0.1, -0.05) is 173 Å². The highest BCUT2D eigenvalue weighted by atomic mass is 32.2. The fourth-order valence-electron chi connectivity index (χ4n) is 6.55. The number of nitrogens with zero attached hydrogens (tertiary/aromatic N) is 4. The van der Waals surface area contributed by atoms with Crippen molar-refractivity contribution in [2.24, 2.45) is 0 Å². The zero-order chi connectivity index (χ0) is 41.0. The van der Waals surface area contributed by atoms with Crippen LogP contribution in [0.25, 0.3) is 0 Å². The number of hydrogen-bond donors (Lipinski definition) is 0. The monoisotopic (exact) mass is 852 g/mol. The third-order valence-corrected chi connectivity index (χ3v) is 14.8. The summed E-state index contributed by atoms with van der Waals surface area (Å²) in [5.74, 6) is -1.47. The number of benzene rings is 3. The maximum atomic E-state index is 14.5. The summed E-state index contributed by atoms with van der Waals surface area (Å²) in [5, 5.41) is 22.5. The fraction of sp³-hybridized carbons (Fsp3) is 0.364. The molecule has 1 saturated heterocycles. The van der Waals surface area contributed by atoms with Crippen LogP contribution in [0.15, 0.2) is 99.9 Å². The number of nitriles is 2. The van der Waals surface area contributed by atoms with Crippen molar-refractivity contribution in [1.82, 2.24) is 10.0 Å². The van der Waals surface area contributed by atoms with Crippen LogP contribution >= 0.6 is 47.0 Å². The van der Waals surface area contributed by atoms with Gasteiger partial charge in [-0.15, -0.1) is 0 Å². The molecule has 0 bridgehead atoms. The van der Waals surface area contributed by atoms with Gasteiger partial charge in [0.25, 0.3) is 11.8 Å². The third kappa shape index (κ3) is 10.2. The minimum absolute atomic E-state index is 0.0308. The number of rotatable bonds is 18. The largest absolute Gasteiger partial charge is 0.424 e. The summed E-state index contributed by atoms with van der Waals surface area (Å²) < 4.78 is 13.1. The van der Waals surface area contributed by atoms with Gasteiger partial charge in [0.1, 0.15) is 23.3 Å². The molecule has 14 heteroatoms. The molecular weight excluding hydrogens is 809 g/mol. The Morgan fingerprint density at radius 3 is 1.38 bits per heavy atom. The van der Waals surface area contributed by atoms with Crippen LogP contribution in [0, 0.1) is 22.7 Å². The summed E-state index contributed by atoms with van der Waals surface area (Å²) in [6.07, 6.45) is 9.70. The lowest BCUT2D eigenvalue weighted by Crippen LogP contribution is -2.39. The lowest BCUT2D eigenvalue weighted by Gasteiger charge is -2.27. The highest BCUT2D eigenvalue weighted by Gasteiger charge is 2.47. The number of amides is 2. The Hall–Kier alpha value is -4.60. The smallest absolute Gasteiger partial charge is 0.311 e. The Kier molecular flexibility index (Phi) is 15.5. The van der Waals surface area contributed by atoms with Gasteiger partial charge in [0.05, 0.1) is 41.1 Å². The van der Waals surface area contributed by atoms with Crippen molar-refractivity contribution in [2.45, 2.75) is 124 Å². The first-order chi connectivity index (χ1) is 28.3. The summed E-state index contributed by atoms with van der Waals surface area (Å²) in [7, 11) is 0. The molecule has 0 radical (unpaired) electrons. The van der Waals surface area contributed by atoms with Crippen molar-refractivity contribution < 1.29 is 28.7 Å². The molecule has 3 aliphatic rings. The van der Waals surface area contributed by atoms with Crippen LogP contribution in [0.5, 0.6) is 11.5 Å². The van der Waals surface area contributed by atoms with E-state index >= 15 is 0 Å². The minimum Gasteiger partial charge on any atom is -0.424 e. The van der Waals surface area contributed by atoms with Crippen LogP contribution in [0.2, 0.25) is 0 Å². The van der Waals surface area contributed by atoms with E-state index in [1.807, 2.05) is 72.8 Å². The van der Waals surface area contributed by atoms with Crippen molar-refractivity contribution >= 4 is 70.8 Å². The highest BCUT2D eigenvalue weighted by Crippen LogP contribution is 2.68. The molecule has 3 aromatic rings. The summed E-state index contributed by atoms with van der Waals surface area (Å²) in [6, 6.07) is 22.8. The van der Waals surface area contributed by atoms with E-state index in [0.29, 0.717) is 40.9 Å². The molecule has 58 heavy (non-hydrogen) atoms. The summed E-state index contributed by atoms with van der Waals surface area (Å²) in [5.41, 5.74) is 1.55. The Balaban J connectivity index is 1.42. The lowest BCUT2D eigenvalue weighted by atomic mass is 10.1. The average Bonchev–Trinajstić information content (AvgIpc) is 3.92. The Labute approximate surface area is 356 Å². The molecule has 3 aliphatic heterocycles. The van der Waals surface area contributed by atoms with Gasteiger partial charge in [-0.25, -0.2) is 10.0 Å². The molecule has 300 valence electrons. The Morgan fingerprint density at radius 1 is 0.586 bits per heavy atom. The number of thioether (sulfide) groups is 4. The van der Waals surface area contributed by atoms with Crippen molar-refractivity contribution in [3.8, 4) is 23.6 Å². The van der Waals surface area contributed by atoms with Crippen molar-refractivity contribution in [3.05, 3.63) is 91.4 Å². The first kappa shape index (κ1) is 43.0. The van der Waals surface area contributed by atoms with Crippen molar-refractivity contribution in [1.29, 1.82) is 10.5 Å². The van der Waals surface area contributed by atoms with Crippen LogP contribution in [0.3, 0.4) is 0 Å². The molecule has 6 rings (SSSR count). The summed E-state index contributed by atoms with van der Waals surface area (Å²) in [6.45, 7) is 4.58. The van der Waals surface area contributed by atoms with E-state index in [1.54, 1.807) is 0 Å². The first-order valence-electron chi connectivity index (χ1n) is 19.6. The number of carbonyl (C=O) groups excluding carboxylic acids is 4. The number of esters is 2. The molecule has 0 saturated carbocycles. The third-order valence-electron chi connectivity index (χ3n) is 9.59. The second-order valence-electron chi connectivity index (χ2n) is 13.9. The maximum absolute atomic E-state index is 14.5. The number of hydrazine groups is 1. The number of ether oxygens (including phenoxy) is 2. The van der Waals surface area contributed by atoms with Crippen LogP contribution in [0.1, 0.15) is 102 Å². The van der Waals surface area contributed by atoms with E-state index < -0.39 is 23.8 Å². The van der Waals surface area contributed by atoms with Crippen LogP contribution in [0.4, 0.5) is 0 Å². The SMILES string of the molecule is CCCCCCCC(=O)Oc1c2c(c(OC(=O)CCCCCCC)c3c1SC(=C1C(=O)N(Cc4ccccc4)N(Cc4ccccc4)C1=O)S3)SC(=C(C#N)C#N)S2. The number of fused-ring (bicyclic) bond motifs is 2. The predicted octanol–water partition coefficient (Wildman–Crippen LogP) is 11.1. The Morgan fingerprint density at radius 2 is 0.983 bits per heavy atom. The molecule has 0 spiro atoms. The zero-order valence-corrected chi connectivity index (χ0v) is 35.8. The number of hydrogen-bond acceptors (Lipinski definition) is 12. The van der Waals surface area contributed by atoms with Crippen molar-refractivity contribution in [2.75, 3.05) is 0 Å². The van der Waals surface area contributed by atoms with Gasteiger partial charge in [-0.3, -0.25) is 19.2 Å². The molecule has 0 aromatic heterocycles. The van der Waals surface area contributed by atoms with Gasteiger partial charge < -0.3 is 9.47 Å². The van der Waals surface area contributed by atoms with E-state index in [1.165, 1.54) is 10.0 Å². The van der Waals surface area contributed by atoms with E-state index in [2.05, 4.69) is 13.8 Å². The van der Waals surface area contributed by atoms with Gasteiger partial charge in [0, 0.05) is 12.8 Å². The normalized spacial score (nSPS) is 14.4. The van der Waals surface area contributed by atoms with Gasteiger partial charge >= 0.3 is 11.9 Å². The number of carbonyl (C=O) groups is 4. The topological polar surface area (TPSA) is 141 Å². The van der Waals surface area contributed by atoms with Gasteiger partial charge in [0.2, 0.25) is 0 Å². The van der Waals surface area contributed by atoms with Crippen LogP contribution in [-0.4, -0.2) is 33.8 Å². The number of unbranched alkanes of at least 4 members (excludes halogenated alkanes) is 8. The van der Waals surface area contributed by atoms with Crippen LogP contribution in [-0.2, 0) is 32.3 Å². The average molecular weight is 853 g/mol. The lowest BCUT2D eigenvalue weighted by molar-refractivity contribution is -0.149. The molecule has 2 amide bonds. The molecule has 3 heterocycles. The second kappa shape index (κ2) is 20.9.